The monoisotopic (exact) mass is 406 g/mol. The van der Waals surface area contributed by atoms with Crippen molar-refractivity contribution in [3.63, 3.8) is 0 Å². The number of benzene rings is 2. The Labute approximate surface area is 167 Å². The highest BCUT2D eigenvalue weighted by Crippen LogP contribution is 2.44. The lowest BCUT2D eigenvalue weighted by molar-refractivity contribution is -0.140. The van der Waals surface area contributed by atoms with E-state index in [9.17, 15) is 23.1 Å². The number of aromatic hydroxyl groups is 1. The maximum Gasteiger partial charge on any atom is 0.423 e. The molecule has 0 aromatic heterocycles. The normalized spacial score (nSPS) is 14.9. The maximum atomic E-state index is 13.5. The van der Waals surface area contributed by atoms with Crippen molar-refractivity contribution < 1.29 is 27.8 Å². The minimum atomic E-state index is -4.86. The summed E-state index contributed by atoms with van der Waals surface area (Å²) in [5, 5.41) is 14.3. The van der Waals surface area contributed by atoms with Gasteiger partial charge in [-0.25, -0.2) is 0 Å². The molecule has 4 nitrogen and oxygen atoms in total. The van der Waals surface area contributed by atoms with Gasteiger partial charge in [-0.05, 0) is 18.1 Å². The zero-order valence-electron chi connectivity index (χ0n) is 15.9. The van der Waals surface area contributed by atoms with Crippen molar-refractivity contribution in [3.8, 4) is 11.5 Å². The van der Waals surface area contributed by atoms with Gasteiger partial charge in [0.05, 0.1) is 5.56 Å². The Morgan fingerprint density at radius 1 is 1.10 bits per heavy atom. The maximum absolute atomic E-state index is 13.5. The molecule has 0 unspecified atom stereocenters. The number of phenolic OH excluding ortho intramolecular Hbond substituents is 1. The summed E-state index contributed by atoms with van der Waals surface area (Å²) < 4.78 is 45.8. The highest BCUT2D eigenvalue weighted by molar-refractivity contribution is 5.99. The topological polar surface area (TPSA) is 60.6 Å². The molecule has 156 valence electrons. The number of rotatable bonds is 8. The van der Waals surface area contributed by atoms with Crippen LogP contribution in [0.3, 0.4) is 0 Å². The number of phenols is 1. The second-order valence-electron chi connectivity index (χ2n) is 7.25. The first-order valence-electron chi connectivity index (χ1n) is 9.62. The molecule has 0 spiro atoms. The molecule has 1 aliphatic rings. The average Bonchev–Trinajstić information content (AvgIpc) is 3.18. The van der Waals surface area contributed by atoms with E-state index in [0.29, 0.717) is 6.54 Å². The van der Waals surface area contributed by atoms with Gasteiger partial charge in [0.25, 0.3) is 0 Å². The van der Waals surface area contributed by atoms with Crippen molar-refractivity contribution in [1.82, 2.24) is 0 Å². The Kier molecular flexibility index (Phi) is 6.79. The molecular weight excluding hydrogens is 383 g/mol. The number of hydrogen-bond acceptors (Lipinski definition) is 3. The summed E-state index contributed by atoms with van der Waals surface area (Å²) in [5.74, 6) is -1.91. The fraction of sp³-hybridized carbons (Fsp3) is 0.409. The molecule has 1 fully saturated rings. The number of nitrogens with zero attached hydrogens (tertiary/aromatic N) is 1. The van der Waals surface area contributed by atoms with Gasteiger partial charge in [0.2, 0.25) is 0 Å². The summed E-state index contributed by atoms with van der Waals surface area (Å²) >= 11 is 0. The van der Waals surface area contributed by atoms with Crippen molar-refractivity contribution in [1.29, 1.82) is 0 Å². The second kappa shape index (κ2) is 9.31. The molecule has 3 rings (SSSR count). The Morgan fingerprint density at radius 2 is 1.79 bits per heavy atom. The van der Waals surface area contributed by atoms with Crippen LogP contribution in [0.4, 0.5) is 13.2 Å². The fourth-order valence-corrected chi connectivity index (χ4v) is 3.65. The lowest BCUT2D eigenvalue weighted by atomic mass is 9.95. The molecule has 0 saturated heterocycles. The number of carbonyl (C=O) groups is 1. The van der Waals surface area contributed by atoms with Gasteiger partial charge < -0.3 is 15.2 Å². The number of carbonyl (C=O) groups excluding carboxylic acids is 1. The van der Waals surface area contributed by atoms with E-state index < -0.39 is 29.0 Å². The Bertz CT molecular complexity index is 831. The van der Waals surface area contributed by atoms with Gasteiger partial charge in [0.15, 0.2) is 5.78 Å². The van der Waals surface area contributed by atoms with E-state index in [1.807, 2.05) is 30.3 Å². The largest absolute Gasteiger partial charge is 0.625 e. The van der Waals surface area contributed by atoms with Crippen LogP contribution in [0.5, 0.6) is 11.5 Å². The first-order valence-corrected chi connectivity index (χ1v) is 9.62. The van der Waals surface area contributed by atoms with Crippen LogP contribution in [-0.2, 0) is 12.7 Å². The van der Waals surface area contributed by atoms with Crippen LogP contribution in [0.15, 0.2) is 42.5 Å². The van der Waals surface area contributed by atoms with Crippen LogP contribution in [0.1, 0.15) is 53.6 Å². The molecule has 1 aliphatic carbocycles. The number of Topliss-reactive ketones (excluding diaryl/α,β-unsaturated/α-hetero) is 1. The van der Waals surface area contributed by atoms with Crippen molar-refractivity contribution in [2.45, 2.75) is 44.8 Å². The minimum absolute atomic E-state index is 0.150. The van der Waals surface area contributed by atoms with Gasteiger partial charge in [-0.2, -0.15) is 13.2 Å². The van der Waals surface area contributed by atoms with Crippen molar-refractivity contribution in [2.24, 2.45) is 5.92 Å². The van der Waals surface area contributed by atoms with Crippen molar-refractivity contribution in [2.75, 3.05) is 6.73 Å². The minimum Gasteiger partial charge on any atom is -0.625 e. The third kappa shape index (κ3) is 5.50. The predicted molar refractivity (Wildman–Crippen MR) is 103 cm³/mol. The summed E-state index contributed by atoms with van der Waals surface area (Å²) in [6.07, 6.45) is -0.876. The quantitative estimate of drug-likeness (QED) is 0.427. The Hall–Kier alpha value is -2.54. The molecule has 2 aromatic carbocycles. The first-order chi connectivity index (χ1) is 13.9. The van der Waals surface area contributed by atoms with Gasteiger partial charge in [-0.15, -0.1) is 6.54 Å². The third-order valence-electron chi connectivity index (χ3n) is 5.12. The fourth-order valence-electron chi connectivity index (χ4n) is 3.65. The van der Waals surface area contributed by atoms with Crippen LogP contribution in [-0.4, -0.2) is 17.6 Å². The molecule has 7 heteroatoms. The van der Waals surface area contributed by atoms with Gasteiger partial charge in [0.1, 0.15) is 17.1 Å². The lowest BCUT2D eigenvalue weighted by Gasteiger charge is -2.23. The van der Waals surface area contributed by atoms with Crippen LogP contribution in [0.2, 0.25) is 0 Å². The van der Waals surface area contributed by atoms with Gasteiger partial charge in [-0.1, -0.05) is 61.6 Å². The molecule has 1 N–H and O–H groups in total. The summed E-state index contributed by atoms with van der Waals surface area (Å²) in [5.41, 5.74) is -0.731. The van der Waals surface area contributed by atoms with Gasteiger partial charge >= 0.3 is 6.18 Å². The van der Waals surface area contributed by atoms with E-state index in [2.05, 4.69) is 5.32 Å². The lowest BCUT2D eigenvalue weighted by Crippen LogP contribution is -2.13. The summed E-state index contributed by atoms with van der Waals surface area (Å²) in [6, 6.07) is 11.5. The molecule has 0 aliphatic heterocycles. The first kappa shape index (κ1) is 21.2. The highest BCUT2D eigenvalue weighted by atomic mass is 19.4. The second-order valence-corrected chi connectivity index (χ2v) is 7.25. The number of halogens is 3. The molecule has 2 aromatic rings. The average molecular weight is 406 g/mol. The van der Waals surface area contributed by atoms with E-state index in [1.165, 1.54) is 6.07 Å². The van der Waals surface area contributed by atoms with Crippen LogP contribution in [0.25, 0.3) is 5.32 Å². The molecule has 0 bridgehead atoms. The molecule has 0 radical (unpaired) electrons. The molecule has 0 atom stereocenters. The SMILES string of the molecule is O=C(CC1CCCC1)c1ccc(OC[N-]Cc2ccccc2)c(C(F)(F)F)c1O. The number of ketones is 1. The van der Waals surface area contributed by atoms with E-state index in [0.717, 1.165) is 37.3 Å². The van der Waals surface area contributed by atoms with Crippen molar-refractivity contribution in [3.05, 3.63) is 64.5 Å². The third-order valence-corrected chi connectivity index (χ3v) is 5.12. The zero-order chi connectivity index (χ0) is 20.9. The van der Waals surface area contributed by atoms with Crippen molar-refractivity contribution >= 4 is 5.78 Å². The standard InChI is InChI=1S/C22H23F3NO3/c23-22(24,25)20-19(29-14-26-13-16-8-2-1-3-9-16)11-10-17(21(20)28)18(27)12-15-6-4-5-7-15/h1-3,8-11,15,28H,4-7,12-14H2/q-1. The smallest absolute Gasteiger partial charge is 0.423 e. The summed E-state index contributed by atoms with van der Waals surface area (Å²) in [7, 11) is 0. The molecule has 0 amide bonds. The van der Waals surface area contributed by atoms with Gasteiger partial charge in [-0.3, -0.25) is 4.79 Å². The Morgan fingerprint density at radius 3 is 2.45 bits per heavy atom. The Balaban J connectivity index is 1.71. The van der Waals surface area contributed by atoms with E-state index in [1.54, 1.807) is 0 Å². The van der Waals surface area contributed by atoms with Gasteiger partial charge in [0, 0.05) is 13.2 Å². The zero-order valence-corrected chi connectivity index (χ0v) is 15.9. The van der Waals surface area contributed by atoms with E-state index in [-0.39, 0.29) is 24.6 Å². The van der Waals surface area contributed by atoms with E-state index >= 15 is 0 Å². The van der Waals surface area contributed by atoms with Crippen LogP contribution >= 0.6 is 0 Å². The summed E-state index contributed by atoms with van der Waals surface area (Å²) in [4.78, 5) is 12.4. The molecule has 29 heavy (non-hydrogen) atoms. The number of ether oxygens (including phenoxy) is 1. The molecular formula is C22H23F3NO3-. The van der Waals surface area contributed by atoms with Crippen LogP contribution < -0.4 is 4.74 Å². The molecule has 0 heterocycles. The predicted octanol–water partition coefficient (Wildman–Crippen LogP) is 6.08. The van der Waals surface area contributed by atoms with Crippen LogP contribution in [0, 0.1) is 5.92 Å². The highest BCUT2D eigenvalue weighted by Gasteiger charge is 2.39. The van der Waals surface area contributed by atoms with E-state index in [4.69, 9.17) is 4.74 Å². The number of alkyl halides is 3. The molecule has 1 saturated carbocycles. The summed E-state index contributed by atoms with van der Waals surface area (Å²) in [6.45, 7) is -0.00108. The number of hydrogen-bond donors (Lipinski definition) is 1.